The van der Waals surface area contributed by atoms with E-state index in [0.29, 0.717) is 12.2 Å². The third-order valence-corrected chi connectivity index (χ3v) is 2.20. The molecule has 0 bridgehead atoms. The lowest BCUT2D eigenvalue weighted by Crippen LogP contribution is -2.26. The van der Waals surface area contributed by atoms with Crippen LogP contribution in [0.4, 0.5) is 11.5 Å². The highest BCUT2D eigenvalue weighted by atomic mass is 15.4. The van der Waals surface area contributed by atoms with Gasteiger partial charge < -0.3 is 10.6 Å². The fourth-order valence-electron chi connectivity index (χ4n) is 1.48. The summed E-state index contributed by atoms with van der Waals surface area (Å²) in [5.74, 6) is 3.52. The molecule has 1 aromatic rings. The molecule has 1 heterocycles. The van der Waals surface area contributed by atoms with E-state index in [1.54, 1.807) is 4.68 Å². The maximum absolute atomic E-state index is 5.92. The normalized spacial score (nSPS) is 9.86. The molecule has 0 aliphatic heterocycles. The molecule has 0 amide bonds. The Labute approximate surface area is 84.7 Å². The first-order valence-corrected chi connectivity index (χ1v) is 4.59. The van der Waals surface area contributed by atoms with Crippen molar-refractivity contribution < 1.29 is 0 Å². The topological polar surface area (TPSA) is 47.1 Å². The molecule has 1 aromatic heterocycles. The molecular formula is C10H16N4. The number of aryl methyl sites for hydroxylation is 2. The van der Waals surface area contributed by atoms with Gasteiger partial charge in [-0.2, -0.15) is 5.10 Å². The largest absolute Gasteiger partial charge is 0.394 e. The van der Waals surface area contributed by atoms with Crippen molar-refractivity contribution in [2.24, 2.45) is 7.05 Å². The zero-order valence-electron chi connectivity index (χ0n) is 8.91. The molecular weight excluding hydrogens is 176 g/mol. The lowest BCUT2D eigenvalue weighted by molar-refractivity contribution is 0.726. The lowest BCUT2D eigenvalue weighted by atomic mass is 10.3. The predicted molar refractivity (Wildman–Crippen MR) is 59.1 cm³/mol. The first kappa shape index (κ1) is 10.5. The van der Waals surface area contributed by atoms with Crippen molar-refractivity contribution in [3.05, 3.63) is 5.69 Å². The Morgan fingerprint density at radius 1 is 1.64 bits per heavy atom. The van der Waals surface area contributed by atoms with Gasteiger partial charge in [0.1, 0.15) is 0 Å². The monoisotopic (exact) mass is 192 g/mol. The Bertz CT molecular complexity index is 359. The lowest BCUT2D eigenvalue weighted by Gasteiger charge is -2.20. The van der Waals surface area contributed by atoms with Gasteiger partial charge in [-0.05, 0) is 13.8 Å². The molecule has 0 radical (unpaired) electrons. The summed E-state index contributed by atoms with van der Waals surface area (Å²) >= 11 is 0. The predicted octanol–water partition coefficient (Wildman–Crippen LogP) is 0.770. The van der Waals surface area contributed by atoms with Crippen molar-refractivity contribution in [2.45, 2.75) is 13.8 Å². The number of nitrogens with two attached hydrogens (primary N) is 1. The molecule has 0 atom stereocenters. The maximum atomic E-state index is 5.92. The van der Waals surface area contributed by atoms with Crippen molar-refractivity contribution in [3.8, 4) is 12.3 Å². The first-order chi connectivity index (χ1) is 6.61. The fraction of sp³-hybridized carbons (Fsp3) is 0.500. The molecule has 0 unspecified atom stereocenters. The van der Waals surface area contributed by atoms with E-state index in [9.17, 15) is 0 Å². The van der Waals surface area contributed by atoms with Gasteiger partial charge in [0.25, 0.3) is 0 Å². The first-order valence-electron chi connectivity index (χ1n) is 4.59. The summed E-state index contributed by atoms with van der Waals surface area (Å²) < 4.78 is 1.77. The van der Waals surface area contributed by atoms with Crippen LogP contribution in [0.5, 0.6) is 0 Å². The molecule has 14 heavy (non-hydrogen) atoms. The van der Waals surface area contributed by atoms with Crippen molar-refractivity contribution in [3.63, 3.8) is 0 Å². The Morgan fingerprint density at radius 2 is 2.29 bits per heavy atom. The van der Waals surface area contributed by atoms with Gasteiger partial charge in [0.05, 0.1) is 17.9 Å². The summed E-state index contributed by atoms with van der Waals surface area (Å²) in [6, 6.07) is 0. The Balaban J connectivity index is 3.10. The summed E-state index contributed by atoms with van der Waals surface area (Å²) in [5.41, 5.74) is 7.47. The van der Waals surface area contributed by atoms with Gasteiger partial charge in [0.15, 0.2) is 5.82 Å². The zero-order chi connectivity index (χ0) is 10.7. The van der Waals surface area contributed by atoms with Crippen LogP contribution < -0.4 is 10.6 Å². The van der Waals surface area contributed by atoms with Crippen molar-refractivity contribution in [1.29, 1.82) is 0 Å². The van der Waals surface area contributed by atoms with Gasteiger partial charge in [-0.3, -0.25) is 4.68 Å². The Kier molecular flexibility index (Phi) is 3.03. The molecule has 4 heteroatoms. The van der Waals surface area contributed by atoms with Gasteiger partial charge in [0.2, 0.25) is 0 Å². The van der Waals surface area contributed by atoms with E-state index < -0.39 is 0 Å². The minimum atomic E-state index is 0.555. The van der Waals surface area contributed by atoms with Gasteiger partial charge in [0, 0.05) is 13.6 Å². The second kappa shape index (κ2) is 4.05. The van der Waals surface area contributed by atoms with Gasteiger partial charge in [-0.1, -0.05) is 5.92 Å². The van der Waals surface area contributed by atoms with Crippen LogP contribution in [0.25, 0.3) is 0 Å². The quantitative estimate of drug-likeness (QED) is 0.720. The van der Waals surface area contributed by atoms with Gasteiger partial charge in [-0.25, -0.2) is 0 Å². The molecule has 0 saturated carbocycles. The fourth-order valence-corrected chi connectivity index (χ4v) is 1.48. The number of nitrogens with zero attached hydrogens (tertiary/aromatic N) is 3. The standard InChI is InChI=1S/C10H16N4/c1-5-7-14(6-2)10-9(11)8(3)12-13(10)4/h1H,6-7,11H2,2-4H3. The molecule has 1 rings (SSSR count). The van der Waals surface area contributed by atoms with Crippen molar-refractivity contribution in [1.82, 2.24) is 9.78 Å². The Morgan fingerprint density at radius 3 is 2.64 bits per heavy atom. The minimum Gasteiger partial charge on any atom is -0.394 e. The smallest absolute Gasteiger partial charge is 0.151 e. The van der Waals surface area contributed by atoms with E-state index >= 15 is 0 Å². The number of anilines is 2. The summed E-state index contributed by atoms with van der Waals surface area (Å²) in [6.45, 7) is 5.31. The molecule has 0 aliphatic carbocycles. The van der Waals surface area contributed by atoms with Crippen LogP contribution in [0.3, 0.4) is 0 Å². The molecule has 76 valence electrons. The average molecular weight is 192 g/mol. The molecule has 0 fully saturated rings. The van der Waals surface area contributed by atoms with Crippen LogP contribution in [0.2, 0.25) is 0 Å². The van der Waals surface area contributed by atoms with E-state index in [1.165, 1.54) is 0 Å². The van der Waals surface area contributed by atoms with Crippen LogP contribution in [0, 0.1) is 19.3 Å². The third-order valence-electron chi connectivity index (χ3n) is 2.20. The number of nitrogen functional groups attached to an aromatic ring is 1. The van der Waals surface area contributed by atoms with Crippen LogP contribution in [0.15, 0.2) is 0 Å². The van der Waals surface area contributed by atoms with E-state index in [-0.39, 0.29) is 0 Å². The van der Waals surface area contributed by atoms with E-state index in [0.717, 1.165) is 18.1 Å². The summed E-state index contributed by atoms with van der Waals surface area (Å²) in [6.07, 6.45) is 5.29. The summed E-state index contributed by atoms with van der Waals surface area (Å²) in [4.78, 5) is 2.02. The Hall–Kier alpha value is -1.63. The average Bonchev–Trinajstić information content (AvgIpc) is 2.39. The SMILES string of the molecule is C#CCN(CC)c1c(N)c(C)nn1C. The summed E-state index contributed by atoms with van der Waals surface area (Å²) in [7, 11) is 1.87. The highest BCUT2D eigenvalue weighted by molar-refractivity contribution is 5.66. The molecule has 2 N–H and O–H groups in total. The molecule has 0 saturated heterocycles. The number of aromatic nitrogens is 2. The van der Waals surface area contributed by atoms with E-state index in [2.05, 4.69) is 11.0 Å². The molecule has 4 nitrogen and oxygen atoms in total. The molecule has 0 aliphatic rings. The zero-order valence-corrected chi connectivity index (χ0v) is 8.91. The number of hydrogen-bond acceptors (Lipinski definition) is 3. The van der Waals surface area contributed by atoms with Crippen LogP contribution in [-0.4, -0.2) is 22.9 Å². The third kappa shape index (κ3) is 1.67. The molecule has 0 aromatic carbocycles. The van der Waals surface area contributed by atoms with Crippen LogP contribution in [0.1, 0.15) is 12.6 Å². The number of rotatable bonds is 3. The van der Waals surface area contributed by atoms with E-state index in [1.807, 2.05) is 25.8 Å². The van der Waals surface area contributed by atoms with Gasteiger partial charge in [-0.15, -0.1) is 6.42 Å². The summed E-state index contributed by atoms with van der Waals surface area (Å²) in [5, 5.41) is 4.24. The molecule has 0 spiro atoms. The second-order valence-electron chi connectivity index (χ2n) is 3.16. The number of hydrogen-bond donors (Lipinski definition) is 1. The second-order valence-corrected chi connectivity index (χ2v) is 3.16. The highest BCUT2D eigenvalue weighted by Crippen LogP contribution is 2.24. The minimum absolute atomic E-state index is 0.555. The highest BCUT2D eigenvalue weighted by Gasteiger charge is 2.14. The van der Waals surface area contributed by atoms with Crippen LogP contribution in [-0.2, 0) is 7.05 Å². The van der Waals surface area contributed by atoms with Crippen molar-refractivity contribution in [2.75, 3.05) is 23.7 Å². The van der Waals surface area contributed by atoms with Crippen molar-refractivity contribution >= 4 is 11.5 Å². The van der Waals surface area contributed by atoms with Gasteiger partial charge >= 0.3 is 0 Å². The van der Waals surface area contributed by atoms with Crippen LogP contribution >= 0.6 is 0 Å². The maximum Gasteiger partial charge on any atom is 0.151 e. The number of terminal acetylenes is 1. The van der Waals surface area contributed by atoms with E-state index in [4.69, 9.17) is 12.2 Å².